The van der Waals surface area contributed by atoms with Gasteiger partial charge in [0.25, 0.3) is 0 Å². The van der Waals surface area contributed by atoms with E-state index in [0.29, 0.717) is 15.8 Å². The molecule has 0 saturated heterocycles. The summed E-state index contributed by atoms with van der Waals surface area (Å²) in [4.78, 5) is 4.00. The number of anilines is 3. The second-order valence-electron chi connectivity index (χ2n) is 2.70. The maximum atomic E-state index is 12.8. The molecule has 0 aliphatic heterocycles. The van der Waals surface area contributed by atoms with Crippen LogP contribution in [0.2, 0.25) is 0 Å². The molecular formula is C9H8FN3S. The minimum absolute atomic E-state index is 0.278. The first-order valence-electron chi connectivity index (χ1n) is 3.98. The fourth-order valence-corrected chi connectivity index (χ4v) is 1.64. The first kappa shape index (κ1) is 8.96. The smallest absolute Gasteiger partial charge is 0.189 e. The molecule has 3 nitrogen and oxygen atoms in total. The lowest BCUT2D eigenvalue weighted by Crippen LogP contribution is -1.88. The van der Waals surface area contributed by atoms with Gasteiger partial charge in [-0.1, -0.05) is 17.4 Å². The van der Waals surface area contributed by atoms with Crippen LogP contribution in [-0.2, 0) is 0 Å². The SMILES string of the molecule is Nc1cnc(Nc2cccc(F)c2)s1. The van der Waals surface area contributed by atoms with Crippen molar-refractivity contribution < 1.29 is 4.39 Å². The third-order valence-corrected chi connectivity index (χ3v) is 2.34. The fraction of sp³-hybridized carbons (Fsp3) is 0. The van der Waals surface area contributed by atoms with Gasteiger partial charge < -0.3 is 11.1 Å². The molecule has 2 aromatic rings. The van der Waals surface area contributed by atoms with Crippen molar-refractivity contribution in [2.75, 3.05) is 11.1 Å². The molecule has 0 amide bonds. The Balaban J connectivity index is 2.18. The van der Waals surface area contributed by atoms with Crippen molar-refractivity contribution in [2.45, 2.75) is 0 Å². The van der Waals surface area contributed by atoms with E-state index in [2.05, 4.69) is 10.3 Å². The summed E-state index contributed by atoms with van der Waals surface area (Å²) in [6, 6.07) is 6.19. The number of nitrogens with one attached hydrogen (secondary N) is 1. The summed E-state index contributed by atoms with van der Waals surface area (Å²) in [5.41, 5.74) is 6.17. The van der Waals surface area contributed by atoms with Gasteiger partial charge in [0.05, 0.1) is 6.20 Å². The molecule has 0 bridgehead atoms. The predicted molar refractivity (Wildman–Crippen MR) is 56.2 cm³/mol. The Morgan fingerprint density at radius 1 is 1.43 bits per heavy atom. The molecule has 2 rings (SSSR count). The molecule has 0 spiro atoms. The second-order valence-corrected chi connectivity index (χ2v) is 3.77. The van der Waals surface area contributed by atoms with Gasteiger partial charge in [0, 0.05) is 5.69 Å². The highest BCUT2D eigenvalue weighted by Gasteiger charge is 1.99. The van der Waals surface area contributed by atoms with Crippen molar-refractivity contribution in [3.8, 4) is 0 Å². The number of nitrogens with zero attached hydrogens (tertiary/aromatic N) is 1. The third kappa shape index (κ3) is 2.00. The van der Waals surface area contributed by atoms with Gasteiger partial charge in [0.1, 0.15) is 10.8 Å². The van der Waals surface area contributed by atoms with E-state index < -0.39 is 0 Å². The lowest BCUT2D eigenvalue weighted by Gasteiger charge is -2.00. The van der Waals surface area contributed by atoms with E-state index in [9.17, 15) is 4.39 Å². The zero-order chi connectivity index (χ0) is 9.97. The summed E-state index contributed by atoms with van der Waals surface area (Å²) < 4.78 is 12.8. The zero-order valence-corrected chi connectivity index (χ0v) is 8.01. The van der Waals surface area contributed by atoms with Gasteiger partial charge in [0.15, 0.2) is 5.13 Å². The number of aromatic nitrogens is 1. The monoisotopic (exact) mass is 209 g/mol. The lowest BCUT2D eigenvalue weighted by atomic mass is 10.3. The van der Waals surface area contributed by atoms with Crippen LogP contribution in [0.1, 0.15) is 0 Å². The van der Waals surface area contributed by atoms with Crippen LogP contribution in [0.3, 0.4) is 0 Å². The first-order valence-corrected chi connectivity index (χ1v) is 4.79. The van der Waals surface area contributed by atoms with E-state index in [-0.39, 0.29) is 5.82 Å². The van der Waals surface area contributed by atoms with Gasteiger partial charge in [-0.05, 0) is 18.2 Å². The Morgan fingerprint density at radius 3 is 2.93 bits per heavy atom. The van der Waals surface area contributed by atoms with Crippen molar-refractivity contribution in [1.29, 1.82) is 0 Å². The molecule has 0 aliphatic carbocycles. The van der Waals surface area contributed by atoms with Gasteiger partial charge in [-0.25, -0.2) is 9.37 Å². The number of rotatable bonds is 2. The molecule has 0 aliphatic rings. The van der Waals surface area contributed by atoms with E-state index >= 15 is 0 Å². The van der Waals surface area contributed by atoms with Gasteiger partial charge in [-0.2, -0.15) is 0 Å². The largest absolute Gasteiger partial charge is 0.389 e. The van der Waals surface area contributed by atoms with Gasteiger partial charge in [0.2, 0.25) is 0 Å². The van der Waals surface area contributed by atoms with E-state index in [1.165, 1.54) is 23.5 Å². The molecule has 0 radical (unpaired) electrons. The fourth-order valence-electron chi connectivity index (χ4n) is 1.03. The van der Waals surface area contributed by atoms with Crippen LogP contribution in [-0.4, -0.2) is 4.98 Å². The van der Waals surface area contributed by atoms with Gasteiger partial charge >= 0.3 is 0 Å². The van der Waals surface area contributed by atoms with Crippen molar-refractivity contribution in [1.82, 2.24) is 4.98 Å². The molecule has 14 heavy (non-hydrogen) atoms. The Hall–Kier alpha value is -1.62. The van der Waals surface area contributed by atoms with Crippen LogP contribution < -0.4 is 11.1 Å². The van der Waals surface area contributed by atoms with Crippen molar-refractivity contribution in [2.24, 2.45) is 0 Å². The number of hydrogen-bond donors (Lipinski definition) is 2. The maximum Gasteiger partial charge on any atom is 0.189 e. The first-order chi connectivity index (χ1) is 6.74. The molecule has 1 aromatic heterocycles. The molecule has 3 N–H and O–H groups in total. The number of thiazole rings is 1. The Kier molecular flexibility index (Phi) is 2.32. The van der Waals surface area contributed by atoms with Crippen LogP contribution >= 0.6 is 11.3 Å². The minimum Gasteiger partial charge on any atom is -0.389 e. The number of halogens is 1. The Labute approximate surface area is 84.4 Å². The predicted octanol–water partition coefficient (Wildman–Crippen LogP) is 2.61. The van der Waals surface area contributed by atoms with Crippen LogP contribution in [0, 0.1) is 5.82 Å². The van der Waals surface area contributed by atoms with Gasteiger partial charge in [-0.15, -0.1) is 0 Å². The van der Waals surface area contributed by atoms with Crippen LogP contribution in [0.4, 0.5) is 20.2 Å². The zero-order valence-electron chi connectivity index (χ0n) is 7.20. The average Bonchev–Trinajstić information content (AvgIpc) is 2.51. The molecule has 5 heteroatoms. The minimum atomic E-state index is -0.278. The van der Waals surface area contributed by atoms with Crippen LogP contribution in [0.5, 0.6) is 0 Å². The van der Waals surface area contributed by atoms with E-state index in [0.717, 1.165) is 0 Å². The Morgan fingerprint density at radius 2 is 2.29 bits per heavy atom. The normalized spacial score (nSPS) is 10.1. The van der Waals surface area contributed by atoms with Crippen LogP contribution in [0.25, 0.3) is 0 Å². The third-order valence-electron chi connectivity index (χ3n) is 1.60. The summed E-state index contributed by atoms with van der Waals surface area (Å²) in [6.07, 6.45) is 1.56. The number of benzene rings is 1. The summed E-state index contributed by atoms with van der Waals surface area (Å²) in [6.45, 7) is 0. The topological polar surface area (TPSA) is 50.9 Å². The number of nitrogens with two attached hydrogens (primary N) is 1. The van der Waals surface area contributed by atoms with E-state index in [1.54, 1.807) is 18.3 Å². The van der Waals surface area contributed by atoms with E-state index in [4.69, 9.17) is 5.73 Å². The molecule has 0 unspecified atom stereocenters. The maximum absolute atomic E-state index is 12.8. The van der Waals surface area contributed by atoms with Crippen LogP contribution in [0.15, 0.2) is 30.5 Å². The highest BCUT2D eigenvalue weighted by atomic mass is 32.1. The highest BCUT2D eigenvalue weighted by Crippen LogP contribution is 2.23. The van der Waals surface area contributed by atoms with E-state index in [1.807, 2.05) is 0 Å². The summed E-state index contributed by atoms with van der Waals surface area (Å²) in [7, 11) is 0. The summed E-state index contributed by atoms with van der Waals surface area (Å²) in [5, 5.41) is 4.24. The van der Waals surface area contributed by atoms with Crippen molar-refractivity contribution in [3.05, 3.63) is 36.3 Å². The average molecular weight is 209 g/mol. The molecule has 1 aromatic carbocycles. The summed E-state index contributed by atoms with van der Waals surface area (Å²) in [5.74, 6) is -0.278. The van der Waals surface area contributed by atoms with Gasteiger partial charge in [-0.3, -0.25) is 0 Å². The molecule has 0 fully saturated rings. The standard InChI is InChI=1S/C9H8FN3S/c10-6-2-1-3-7(4-6)13-9-12-5-8(11)14-9/h1-5H,11H2,(H,12,13). The summed E-state index contributed by atoms with van der Waals surface area (Å²) >= 11 is 1.32. The lowest BCUT2D eigenvalue weighted by molar-refractivity contribution is 0.628. The molecule has 72 valence electrons. The molecular weight excluding hydrogens is 201 g/mol. The molecule has 0 saturated carbocycles. The molecule has 0 atom stereocenters. The van der Waals surface area contributed by atoms with Crippen molar-refractivity contribution in [3.63, 3.8) is 0 Å². The Bertz CT molecular complexity index is 441. The molecule has 1 heterocycles. The highest BCUT2D eigenvalue weighted by molar-refractivity contribution is 7.19. The number of nitrogen functional groups attached to an aromatic ring is 1. The quantitative estimate of drug-likeness (QED) is 0.799. The second kappa shape index (κ2) is 3.63. The van der Waals surface area contributed by atoms with Crippen molar-refractivity contribution >= 4 is 27.2 Å². The number of hydrogen-bond acceptors (Lipinski definition) is 4.